The first-order valence-electron chi connectivity index (χ1n) is 13.1. The number of carbonyl (C=O) groups is 1. The number of benzene rings is 3. The van der Waals surface area contributed by atoms with Crippen LogP contribution >= 0.6 is 0 Å². The first-order valence-corrected chi connectivity index (χ1v) is 13.1. The summed E-state index contributed by atoms with van der Waals surface area (Å²) in [6, 6.07) is 25.9. The topological polar surface area (TPSA) is 65.4 Å². The number of fused-ring (bicyclic) bond motifs is 1. The van der Waals surface area contributed by atoms with Gasteiger partial charge in [0, 0.05) is 17.7 Å². The van der Waals surface area contributed by atoms with E-state index in [1.807, 2.05) is 78.2 Å². The van der Waals surface area contributed by atoms with Crippen molar-refractivity contribution in [3.63, 3.8) is 0 Å². The molecule has 4 aromatic rings. The van der Waals surface area contributed by atoms with Crippen LogP contribution in [0.5, 0.6) is 11.5 Å². The molecule has 0 fully saturated rings. The molecular weight excluding hydrogens is 462 g/mol. The zero-order valence-corrected chi connectivity index (χ0v) is 21.4. The highest BCUT2D eigenvalue weighted by molar-refractivity contribution is 6.00. The molecule has 1 atom stereocenters. The van der Waals surface area contributed by atoms with Crippen LogP contribution in [0.3, 0.4) is 0 Å². The molecule has 37 heavy (non-hydrogen) atoms. The van der Waals surface area contributed by atoms with Gasteiger partial charge in [-0.25, -0.2) is 4.98 Å². The number of hydrogen-bond donors (Lipinski definition) is 1. The molecule has 0 aliphatic carbocycles. The van der Waals surface area contributed by atoms with Crippen molar-refractivity contribution in [3.05, 3.63) is 90.1 Å². The number of imidazole rings is 1. The lowest BCUT2D eigenvalue weighted by Gasteiger charge is -2.21. The van der Waals surface area contributed by atoms with E-state index in [0.717, 1.165) is 41.8 Å². The van der Waals surface area contributed by atoms with Gasteiger partial charge in [0.2, 0.25) is 0 Å². The van der Waals surface area contributed by atoms with Gasteiger partial charge in [-0.3, -0.25) is 4.79 Å². The van der Waals surface area contributed by atoms with Crippen LogP contribution in [0, 0.1) is 0 Å². The van der Waals surface area contributed by atoms with Crippen molar-refractivity contribution < 1.29 is 14.3 Å². The number of ether oxygens (including phenoxy) is 2. The second-order valence-corrected chi connectivity index (χ2v) is 9.18. The molecule has 1 N–H and O–H groups in total. The van der Waals surface area contributed by atoms with Crippen molar-refractivity contribution in [2.75, 3.05) is 13.2 Å². The third-order valence-electron chi connectivity index (χ3n) is 6.70. The third-order valence-corrected chi connectivity index (χ3v) is 6.70. The number of nitrogens with zero attached hydrogens (tertiary/aromatic N) is 2. The fourth-order valence-electron chi connectivity index (χ4n) is 4.83. The van der Waals surface area contributed by atoms with E-state index in [0.29, 0.717) is 42.6 Å². The van der Waals surface area contributed by atoms with E-state index in [1.54, 1.807) is 0 Å². The van der Waals surface area contributed by atoms with Gasteiger partial charge < -0.3 is 19.4 Å². The molecule has 0 saturated carbocycles. The van der Waals surface area contributed by atoms with Crippen LogP contribution in [0.2, 0.25) is 0 Å². The number of carbonyl (C=O) groups excluding carboxylic acids is 1. The van der Waals surface area contributed by atoms with Crippen molar-refractivity contribution in [2.24, 2.45) is 0 Å². The fraction of sp³-hybridized carbons (Fsp3) is 0.290. The molecule has 2 heterocycles. The molecule has 190 valence electrons. The molecule has 0 saturated heterocycles. The molecule has 6 heteroatoms. The molecule has 1 aromatic heterocycles. The minimum absolute atomic E-state index is 0.0813. The third kappa shape index (κ3) is 5.24. The van der Waals surface area contributed by atoms with Crippen molar-refractivity contribution in [1.29, 1.82) is 0 Å². The monoisotopic (exact) mass is 495 g/mol. The largest absolute Gasteiger partial charge is 0.486 e. The summed E-state index contributed by atoms with van der Waals surface area (Å²) in [5, 5.41) is 3.34. The molecular formula is C31H33N3O3. The van der Waals surface area contributed by atoms with Crippen LogP contribution in [0.4, 0.5) is 0 Å². The van der Waals surface area contributed by atoms with Gasteiger partial charge in [0.15, 0.2) is 11.5 Å². The Kier molecular flexibility index (Phi) is 7.54. The minimum Gasteiger partial charge on any atom is -0.486 e. The summed E-state index contributed by atoms with van der Waals surface area (Å²) in [5.74, 6) is 2.02. The van der Waals surface area contributed by atoms with E-state index in [4.69, 9.17) is 14.5 Å². The second kappa shape index (κ2) is 11.3. The zero-order chi connectivity index (χ0) is 25.6. The van der Waals surface area contributed by atoms with Crippen LogP contribution in [0.25, 0.3) is 22.6 Å². The van der Waals surface area contributed by atoms with Crippen LogP contribution in [-0.2, 0) is 6.54 Å². The van der Waals surface area contributed by atoms with E-state index in [1.165, 1.54) is 0 Å². The normalized spacial score (nSPS) is 13.2. The van der Waals surface area contributed by atoms with Gasteiger partial charge in [0.1, 0.15) is 30.4 Å². The Morgan fingerprint density at radius 3 is 2.32 bits per heavy atom. The molecule has 1 aliphatic heterocycles. The Hall–Kier alpha value is -4.06. The molecule has 1 amide bonds. The predicted octanol–water partition coefficient (Wildman–Crippen LogP) is 6.67. The molecule has 1 aliphatic rings. The summed E-state index contributed by atoms with van der Waals surface area (Å²) in [4.78, 5) is 19.1. The highest BCUT2D eigenvalue weighted by Crippen LogP contribution is 2.37. The highest BCUT2D eigenvalue weighted by Gasteiger charge is 2.27. The smallest absolute Gasteiger partial charge is 0.270 e. The van der Waals surface area contributed by atoms with Crippen LogP contribution in [0.15, 0.2) is 78.9 Å². The van der Waals surface area contributed by atoms with Crippen molar-refractivity contribution in [2.45, 2.75) is 45.7 Å². The maximum absolute atomic E-state index is 14.1. The summed E-state index contributed by atoms with van der Waals surface area (Å²) < 4.78 is 13.6. The number of hydrogen-bond acceptors (Lipinski definition) is 4. The van der Waals surface area contributed by atoms with E-state index >= 15 is 0 Å². The molecule has 0 bridgehead atoms. The standard InChI is InChI=1S/C31H33N3O3/c1-3-5-16-25(22-12-8-6-9-13-22)32-31(35)29-28(24-17-18-26-27(21-24)37-20-19-36-26)33-30(34(29)4-2)23-14-10-7-11-15-23/h6-15,17-18,21,25H,3-5,16,19-20H2,1-2H3,(H,32,35). The molecule has 6 nitrogen and oxygen atoms in total. The summed E-state index contributed by atoms with van der Waals surface area (Å²) in [6.07, 6.45) is 2.96. The van der Waals surface area contributed by atoms with Crippen molar-refractivity contribution in [1.82, 2.24) is 14.9 Å². The van der Waals surface area contributed by atoms with Crippen LogP contribution in [0.1, 0.15) is 55.2 Å². The number of nitrogens with one attached hydrogen (secondary N) is 1. The fourth-order valence-corrected chi connectivity index (χ4v) is 4.83. The van der Waals surface area contributed by atoms with Crippen molar-refractivity contribution in [3.8, 4) is 34.1 Å². The quantitative estimate of drug-likeness (QED) is 0.282. The maximum atomic E-state index is 14.1. The van der Waals surface area contributed by atoms with E-state index in [-0.39, 0.29) is 11.9 Å². The lowest BCUT2D eigenvalue weighted by Crippen LogP contribution is -2.31. The van der Waals surface area contributed by atoms with Gasteiger partial charge >= 0.3 is 0 Å². The Morgan fingerprint density at radius 1 is 0.919 bits per heavy atom. The van der Waals surface area contributed by atoms with Crippen LogP contribution < -0.4 is 14.8 Å². The SMILES string of the molecule is CCCCC(NC(=O)c1c(-c2ccc3c(c2)OCCO3)nc(-c2ccccc2)n1CC)c1ccccc1. The van der Waals surface area contributed by atoms with Gasteiger partial charge in [-0.05, 0) is 37.1 Å². The van der Waals surface area contributed by atoms with Crippen LogP contribution in [-0.4, -0.2) is 28.7 Å². The van der Waals surface area contributed by atoms with E-state index < -0.39 is 0 Å². The van der Waals surface area contributed by atoms with Crippen molar-refractivity contribution >= 4 is 5.91 Å². The molecule has 3 aromatic carbocycles. The lowest BCUT2D eigenvalue weighted by atomic mass is 10.0. The summed E-state index contributed by atoms with van der Waals surface area (Å²) >= 11 is 0. The van der Waals surface area contributed by atoms with Gasteiger partial charge in [-0.1, -0.05) is 80.4 Å². The number of unbranched alkanes of at least 4 members (excludes halogenated alkanes) is 1. The van der Waals surface area contributed by atoms with Gasteiger partial charge in [0.25, 0.3) is 5.91 Å². The van der Waals surface area contributed by atoms with Gasteiger partial charge in [-0.15, -0.1) is 0 Å². The molecule has 0 spiro atoms. The van der Waals surface area contributed by atoms with Gasteiger partial charge in [0.05, 0.1) is 6.04 Å². The Bertz CT molecular complexity index is 1350. The molecule has 1 unspecified atom stereocenters. The first-order chi connectivity index (χ1) is 18.2. The average molecular weight is 496 g/mol. The summed E-state index contributed by atoms with van der Waals surface area (Å²) in [7, 11) is 0. The zero-order valence-electron chi connectivity index (χ0n) is 21.4. The summed E-state index contributed by atoms with van der Waals surface area (Å²) in [6.45, 7) is 5.85. The number of aromatic nitrogens is 2. The van der Waals surface area contributed by atoms with E-state index in [2.05, 4.69) is 24.4 Å². The maximum Gasteiger partial charge on any atom is 0.270 e. The van der Waals surface area contributed by atoms with E-state index in [9.17, 15) is 4.79 Å². The first kappa shape index (κ1) is 24.6. The number of amides is 1. The predicted molar refractivity (Wildman–Crippen MR) is 146 cm³/mol. The Balaban J connectivity index is 1.60. The summed E-state index contributed by atoms with van der Waals surface area (Å²) in [5.41, 5.74) is 4.08. The minimum atomic E-state index is -0.133. The Morgan fingerprint density at radius 2 is 1.62 bits per heavy atom. The molecule has 5 rings (SSSR count). The number of rotatable bonds is 9. The second-order valence-electron chi connectivity index (χ2n) is 9.18. The molecule has 0 radical (unpaired) electrons. The average Bonchev–Trinajstić information content (AvgIpc) is 3.36. The lowest BCUT2D eigenvalue weighted by molar-refractivity contribution is 0.0925. The Labute approximate surface area is 218 Å². The highest BCUT2D eigenvalue weighted by atomic mass is 16.6. The van der Waals surface area contributed by atoms with Gasteiger partial charge in [-0.2, -0.15) is 0 Å².